The summed E-state index contributed by atoms with van der Waals surface area (Å²) in [5, 5.41) is 17.5. The van der Waals surface area contributed by atoms with Gasteiger partial charge in [-0.15, -0.1) is 0 Å². The summed E-state index contributed by atoms with van der Waals surface area (Å²) in [6.45, 7) is 0. The first-order valence-corrected chi connectivity index (χ1v) is 5.55. The molecule has 0 unspecified atom stereocenters. The molecule has 96 valence electrons. The quantitative estimate of drug-likeness (QED) is 0.531. The normalized spacial score (nSPS) is 10.8. The molecule has 0 bridgehead atoms. The minimum atomic E-state index is -0.0152. The first-order chi connectivity index (χ1) is 9.13. The van der Waals surface area contributed by atoms with Crippen LogP contribution in [0.1, 0.15) is 0 Å². The molecule has 0 aliphatic carbocycles. The molecule has 1 aromatic carbocycles. The third-order valence-electron chi connectivity index (χ3n) is 2.67. The molecule has 7 nitrogen and oxygen atoms in total. The van der Waals surface area contributed by atoms with E-state index in [4.69, 9.17) is 10.3 Å². The zero-order valence-electron chi connectivity index (χ0n) is 10.1. The van der Waals surface area contributed by atoms with Crippen LogP contribution in [0.15, 0.2) is 35.1 Å². The minimum Gasteiger partial charge on any atom is -0.506 e. The lowest BCUT2D eigenvalue weighted by Crippen LogP contribution is -1.86. The van der Waals surface area contributed by atoms with Crippen LogP contribution in [0.2, 0.25) is 0 Å². The molecular formula is C12H11N5O2. The number of aromatic nitrogens is 4. The van der Waals surface area contributed by atoms with Crippen molar-refractivity contribution in [1.29, 1.82) is 0 Å². The van der Waals surface area contributed by atoms with Crippen LogP contribution in [0.4, 0.5) is 5.69 Å². The molecule has 0 fully saturated rings. The highest BCUT2D eigenvalue weighted by molar-refractivity contribution is 5.65. The largest absolute Gasteiger partial charge is 0.506 e. The van der Waals surface area contributed by atoms with E-state index in [9.17, 15) is 5.11 Å². The molecule has 3 N–H and O–H groups in total. The molecule has 2 aromatic heterocycles. The summed E-state index contributed by atoms with van der Waals surface area (Å²) >= 11 is 0. The van der Waals surface area contributed by atoms with Crippen molar-refractivity contribution in [3.63, 3.8) is 0 Å². The lowest BCUT2D eigenvalue weighted by molar-refractivity contribution is 0.431. The van der Waals surface area contributed by atoms with E-state index in [0.29, 0.717) is 23.0 Å². The van der Waals surface area contributed by atoms with Gasteiger partial charge < -0.3 is 15.4 Å². The van der Waals surface area contributed by atoms with Gasteiger partial charge in [-0.2, -0.15) is 10.1 Å². The Balaban J connectivity index is 1.98. The number of aryl methyl sites for hydroxylation is 1. The second kappa shape index (κ2) is 4.13. The Morgan fingerprint density at radius 1 is 1.32 bits per heavy atom. The van der Waals surface area contributed by atoms with Gasteiger partial charge in [0.25, 0.3) is 5.89 Å². The van der Waals surface area contributed by atoms with Gasteiger partial charge in [0.1, 0.15) is 5.75 Å². The average molecular weight is 257 g/mol. The van der Waals surface area contributed by atoms with Crippen LogP contribution in [-0.4, -0.2) is 25.0 Å². The van der Waals surface area contributed by atoms with E-state index in [-0.39, 0.29) is 5.75 Å². The number of benzene rings is 1. The second-order valence-electron chi connectivity index (χ2n) is 4.10. The SMILES string of the molecule is Cn1cc(-c2noc(-c3ccc(N)c(O)c3)n2)cn1. The topological polar surface area (TPSA) is 103 Å². The number of nitrogens with zero attached hydrogens (tertiary/aromatic N) is 4. The van der Waals surface area contributed by atoms with Crippen molar-refractivity contribution in [2.24, 2.45) is 7.05 Å². The fourth-order valence-corrected chi connectivity index (χ4v) is 1.67. The summed E-state index contributed by atoms with van der Waals surface area (Å²) in [7, 11) is 1.81. The zero-order chi connectivity index (χ0) is 13.4. The van der Waals surface area contributed by atoms with E-state index in [0.717, 1.165) is 5.56 Å². The Labute approximate surface area is 108 Å². The Morgan fingerprint density at radius 3 is 2.84 bits per heavy atom. The monoisotopic (exact) mass is 257 g/mol. The highest BCUT2D eigenvalue weighted by Crippen LogP contribution is 2.28. The maximum atomic E-state index is 9.56. The predicted molar refractivity (Wildman–Crippen MR) is 68.0 cm³/mol. The van der Waals surface area contributed by atoms with E-state index in [2.05, 4.69) is 15.2 Å². The third-order valence-corrected chi connectivity index (χ3v) is 2.67. The molecular weight excluding hydrogens is 246 g/mol. The number of rotatable bonds is 2. The van der Waals surface area contributed by atoms with Crippen LogP contribution >= 0.6 is 0 Å². The summed E-state index contributed by atoms with van der Waals surface area (Å²) in [6, 6.07) is 4.77. The summed E-state index contributed by atoms with van der Waals surface area (Å²) in [4.78, 5) is 4.25. The number of hydrogen-bond donors (Lipinski definition) is 2. The number of nitrogens with two attached hydrogens (primary N) is 1. The van der Waals surface area contributed by atoms with E-state index >= 15 is 0 Å². The molecule has 19 heavy (non-hydrogen) atoms. The number of hydrogen-bond acceptors (Lipinski definition) is 6. The van der Waals surface area contributed by atoms with Gasteiger partial charge >= 0.3 is 0 Å². The Bertz CT molecular complexity index is 731. The van der Waals surface area contributed by atoms with E-state index < -0.39 is 0 Å². The number of phenols is 1. The summed E-state index contributed by atoms with van der Waals surface area (Å²) in [5.74, 6) is 0.743. The second-order valence-corrected chi connectivity index (χ2v) is 4.10. The fraction of sp³-hybridized carbons (Fsp3) is 0.0833. The lowest BCUT2D eigenvalue weighted by Gasteiger charge is -1.99. The van der Waals surface area contributed by atoms with Gasteiger partial charge in [0.2, 0.25) is 5.82 Å². The lowest BCUT2D eigenvalue weighted by atomic mass is 10.2. The van der Waals surface area contributed by atoms with E-state index in [1.165, 1.54) is 6.07 Å². The van der Waals surface area contributed by atoms with Gasteiger partial charge in [-0.25, -0.2) is 0 Å². The van der Waals surface area contributed by atoms with Crippen LogP contribution in [0, 0.1) is 0 Å². The van der Waals surface area contributed by atoms with Crippen molar-refractivity contribution in [1.82, 2.24) is 19.9 Å². The van der Waals surface area contributed by atoms with Crippen molar-refractivity contribution in [3.8, 4) is 28.6 Å². The van der Waals surface area contributed by atoms with Gasteiger partial charge in [0, 0.05) is 18.8 Å². The summed E-state index contributed by atoms with van der Waals surface area (Å²) in [5.41, 5.74) is 7.21. The first kappa shape index (κ1) is 11.3. The van der Waals surface area contributed by atoms with Gasteiger partial charge in [0.05, 0.1) is 17.4 Å². The van der Waals surface area contributed by atoms with Crippen molar-refractivity contribution < 1.29 is 9.63 Å². The van der Waals surface area contributed by atoms with E-state index in [1.807, 2.05) is 7.05 Å². The molecule has 0 radical (unpaired) electrons. The van der Waals surface area contributed by atoms with Crippen molar-refractivity contribution >= 4 is 5.69 Å². The van der Waals surface area contributed by atoms with Gasteiger partial charge in [-0.1, -0.05) is 5.16 Å². The number of anilines is 1. The molecule has 0 aliphatic heterocycles. The van der Waals surface area contributed by atoms with Crippen LogP contribution in [0.3, 0.4) is 0 Å². The molecule has 0 aliphatic rings. The Kier molecular flexibility index (Phi) is 2.45. The smallest absolute Gasteiger partial charge is 0.258 e. The molecule has 3 rings (SSSR count). The van der Waals surface area contributed by atoms with Crippen LogP contribution in [-0.2, 0) is 7.05 Å². The maximum absolute atomic E-state index is 9.56. The van der Waals surface area contributed by atoms with Crippen molar-refractivity contribution in [3.05, 3.63) is 30.6 Å². The highest BCUT2D eigenvalue weighted by Gasteiger charge is 2.12. The predicted octanol–water partition coefficient (Wildman–Crippen LogP) is 1.42. The number of phenolic OH excluding ortho intramolecular Hbond substituents is 1. The van der Waals surface area contributed by atoms with Gasteiger partial charge in [-0.3, -0.25) is 4.68 Å². The zero-order valence-corrected chi connectivity index (χ0v) is 10.1. The minimum absolute atomic E-state index is 0.0152. The van der Waals surface area contributed by atoms with Crippen LogP contribution < -0.4 is 5.73 Å². The number of aromatic hydroxyl groups is 1. The van der Waals surface area contributed by atoms with E-state index in [1.54, 1.807) is 29.2 Å². The Hall–Kier alpha value is -2.83. The molecule has 0 amide bonds. The third kappa shape index (κ3) is 2.01. The molecule has 7 heteroatoms. The Morgan fingerprint density at radius 2 is 2.16 bits per heavy atom. The standard InChI is InChI=1S/C12H11N5O2/c1-17-6-8(5-14-17)11-15-12(19-16-11)7-2-3-9(13)10(18)4-7/h2-6,18H,13H2,1H3. The van der Waals surface area contributed by atoms with Gasteiger partial charge in [-0.05, 0) is 18.2 Å². The van der Waals surface area contributed by atoms with Crippen LogP contribution in [0.25, 0.3) is 22.8 Å². The summed E-state index contributed by atoms with van der Waals surface area (Å²) < 4.78 is 6.81. The first-order valence-electron chi connectivity index (χ1n) is 5.55. The highest BCUT2D eigenvalue weighted by atomic mass is 16.5. The van der Waals surface area contributed by atoms with Crippen LogP contribution in [0.5, 0.6) is 5.75 Å². The van der Waals surface area contributed by atoms with Gasteiger partial charge in [0.15, 0.2) is 0 Å². The molecule has 0 saturated carbocycles. The van der Waals surface area contributed by atoms with Crippen molar-refractivity contribution in [2.45, 2.75) is 0 Å². The fourth-order valence-electron chi connectivity index (χ4n) is 1.67. The molecule has 0 atom stereocenters. The molecule has 0 spiro atoms. The molecule has 3 aromatic rings. The molecule has 2 heterocycles. The molecule has 0 saturated heterocycles. The van der Waals surface area contributed by atoms with Crippen molar-refractivity contribution in [2.75, 3.05) is 5.73 Å². The average Bonchev–Trinajstić information content (AvgIpc) is 3.01. The number of nitrogen functional groups attached to an aromatic ring is 1. The maximum Gasteiger partial charge on any atom is 0.258 e. The summed E-state index contributed by atoms with van der Waals surface area (Å²) in [6.07, 6.45) is 3.43.